The van der Waals surface area contributed by atoms with E-state index in [0.717, 1.165) is 71.0 Å². The molecule has 1 aromatic carbocycles. The summed E-state index contributed by atoms with van der Waals surface area (Å²) in [6.45, 7) is 5.66. The van der Waals surface area contributed by atoms with E-state index in [2.05, 4.69) is 22.5 Å². The zero-order valence-corrected chi connectivity index (χ0v) is 25.6. The minimum atomic E-state index is -0.826. The average Bonchev–Trinajstić information content (AvgIpc) is 2.99. The van der Waals surface area contributed by atoms with E-state index < -0.39 is 17.7 Å². The lowest BCUT2D eigenvalue weighted by Gasteiger charge is -2.52. The predicted octanol–water partition coefficient (Wildman–Crippen LogP) is 3.53. The number of likely N-dealkylation sites (tertiary alicyclic amines) is 1. The van der Waals surface area contributed by atoms with Gasteiger partial charge in [-0.05, 0) is 75.6 Å². The number of hydrogen-bond donors (Lipinski definition) is 3. The first-order chi connectivity index (χ1) is 19.4. The van der Waals surface area contributed by atoms with E-state index in [-0.39, 0.29) is 36.0 Å². The van der Waals surface area contributed by atoms with Crippen LogP contribution in [0.5, 0.6) is 5.75 Å². The van der Waals surface area contributed by atoms with Crippen molar-refractivity contribution >= 4 is 30.1 Å². The van der Waals surface area contributed by atoms with Crippen LogP contribution in [0.1, 0.15) is 87.9 Å². The molecule has 2 heterocycles. The van der Waals surface area contributed by atoms with E-state index in [1.807, 2.05) is 17.0 Å². The lowest BCUT2D eigenvalue weighted by Crippen LogP contribution is -2.75. The topological polar surface area (TPSA) is 111 Å². The Balaban J connectivity index is 0.00000462. The van der Waals surface area contributed by atoms with Crippen molar-refractivity contribution in [3.63, 3.8) is 0 Å². The number of aliphatic hydroxyl groups is 1. The number of nitrogens with one attached hydrogen (secondary N) is 2. The number of halogens is 1. The maximum absolute atomic E-state index is 13.8. The summed E-state index contributed by atoms with van der Waals surface area (Å²) in [5, 5.41) is 16.7. The van der Waals surface area contributed by atoms with Gasteiger partial charge in [0.25, 0.3) is 5.91 Å². The second kappa shape index (κ2) is 15.8. The maximum atomic E-state index is 13.8. The van der Waals surface area contributed by atoms with Crippen molar-refractivity contribution in [1.29, 1.82) is 0 Å². The van der Waals surface area contributed by atoms with Gasteiger partial charge in [-0.1, -0.05) is 38.7 Å². The van der Waals surface area contributed by atoms with Crippen molar-refractivity contribution in [2.45, 2.75) is 95.2 Å². The summed E-state index contributed by atoms with van der Waals surface area (Å²) in [4.78, 5) is 43.4. The van der Waals surface area contributed by atoms with Crippen LogP contribution in [-0.4, -0.2) is 90.1 Å². The first kappa shape index (κ1) is 33.1. The lowest BCUT2D eigenvalue weighted by molar-refractivity contribution is -0.165. The van der Waals surface area contributed by atoms with Crippen LogP contribution in [0.4, 0.5) is 0 Å². The van der Waals surface area contributed by atoms with Gasteiger partial charge in [-0.15, -0.1) is 12.4 Å². The van der Waals surface area contributed by atoms with E-state index >= 15 is 0 Å². The summed E-state index contributed by atoms with van der Waals surface area (Å²) >= 11 is 0. The second-order valence-corrected chi connectivity index (χ2v) is 11.7. The highest BCUT2D eigenvalue weighted by atomic mass is 35.5. The summed E-state index contributed by atoms with van der Waals surface area (Å²) < 4.78 is 5.86. The number of carbonyl (C=O) groups is 3. The molecule has 3 N–H and O–H groups in total. The van der Waals surface area contributed by atoms with Crippen LogP contribution in [0.15, 0.2) is 24.3 Å². The highest BCUT2D eigenvalue weighted by molar-refractivity contribution is 6.00. The highest BCUT2D eigenvalue weighted by Gasteiger charge is 2.55. The summed E-state index contributed by atoms with van der Waals surface area (Å²) in [5.74, 6) is 0.446. The molecule has 1 saturated carbocycles. The van der Waals surface area contributed by atoms with Crippen LogP contribution in [0, 0.1) is 5.92 Å². The van der Waals surface area contributed by atoms with Crippen molar-refractivity contribution in [2.24, 2.45) is 5.92 Å². The van der Waals surface area contributed by atoms with Gasteiger partial charge in [0.2, 0.25) is 11.8 Å². The van der Waals surface area contributed by atoms with Gasteiger partial charge in [0.1, 0.15) is 17.3 Å². The minimum Gasteiger partial charge on any atom is -0.494 e. The largest absolute Gasteiger partial charge is 0.494 e. The first-order valence-corrected chi connectivity index (χ1v) is 15.4. The molecule has 3 aliphatic rings. The molecule has 2 saturated heterocycles. The molecule has 9 nitrogen and oxygen atoms in total. The monoisotopic (exact) mass is 592 g/mol. The fourth-order valence-corrected chi connectivity index (χ4v) is 6.60. The van der Waals surface area contributed by atoms with Gasteiger partial charge < -0.3 is 30.3 Å². The number of unbranched alkanes of at least 4 members (excludes halogenated alkanes) is 2. The predicted molar refractivity (Wildman–Crippen MR) is 161 cm³/mol. The molecular weight excluding hydrogens is 544 g/mol. The fourth-order valence-electron chi connectivity index (χ4n) is 6.60. The number of carbonyl (C=O) groups excluding carboxylic acids is 3. The Morgan fingerprint density at radius 1 is 1.12 bits per heavy atom. The van der Waals surface area contributed by atoms with Gasteiger partial charge in [-0.3, -0.25) is 14.4 Å². The van der Waals surface area contributed by atoms with E-state index in [9.17, 15) is 19.5 Å². The molecule has 0 radical (unpaired) electrons. The van der Waals surface area contributed by atoms with Crippen molar-refractivity contribution in [1.82, 2.24) is 20.4 Å². The number of ether oxygens (including phenoxy) is 1. The summed E-state index contributed by atoms with van der Waals surface area (Å²) in [6.07, 6.45) is 9.23. The van der Waals surface area contributed by atoms with Crippen LogP contribution in [0.25, 0.3) is 0 Å². The number of hydrogen-bond acceptors (Lipinski definition) is 6. The third-order valence-corrected chi connectivity index (χ3v) is 9.11. The van der Waals surface area contributed by atoms with Crippen LogP contribution in [0.3, 0.4) is 0 Å². The van der Waals surface area contributed by atoms with E-state index in [1.54, 1.807) is 19.2 Å². The molecule has 0 unspecified atom stereocenters. The Kier molecular flexibility index (Phi) is 12.7. The summed E-state index contributed by atoms with van der Waals surface area (Å²) in [6, 6.07) is 6.36. The van der Waals surface area contributed by atoms with Gasteiger partial charge in [-0.2, -0.15) is 0 Å². The van der Waals surface area contributed by atoms with Crippen LogP contribution in [-0.2, 0) is 9.59 Å². The maximum Gasteiger partial charge on any atom is 0.251 e. The molecule has 2 aliphatic heterocycles. The van der Waals surface area contributed by atoms with Gasteiger partial charge in [-0.25, -0.2) is 0 Å². The number of amides is 3. The molecule has 4 rings (SSSR count). The van der Waals surface area contributed by atoms with Gasteiger partial charge in [0.05, 0.1) is 12.7 Å². The Bertz CT molecular complexity index is 1010. The Hall–Kier alpha value is -2.36. The zero-order chi connectivity index (χ0) is 28.5. The van der Waals surface area contributed by atoms with E-state index in [0.29, 0.717) is 37.3 Å². The number of aliphatic hydroxyl groups excluding tert-OH is 1. The molecule has 2 atom stereocenters. The van der Waals surface area contributed by atoms with Crippen molar-refractivity contribution in [2.75, 3.05) is 39.8 Å². The standard InChI is InChI=1S/C31H48N4O5.ClH/c1-3-4-18-35-29(38)26(27(36)23-11-6-5-7-12-23)33-30(39)31(35)15-19-34(20-16-31)17-8-9-21-40-25-14-10-13-24(22-25)28(37)32-2;/h10,13-14,22-23,26-27,36H,3-9,11-12,15-21H2,1-2H3,(H,32,37)(H,33,39);1H/t26-,27-;/m1./s1. The Morgan fingerprint density at radius 3 is 2.54 bits per heavy atom. The molecule has 3 fully saturated rings. The minimum absolute atomic E-state index is 0. The lowest BCUT2D eigenvalue weighted by atomic mass is 9.78. The number of benzene rings is 1. The van der Waals surface area contributed by atoms with Crippen molar-refractivity contribution < 1.29 is 24.2 Å². The quantitative estimate of drug-likeness (QED) is 0.320. The van der Waals surface area contributed by atoms with Crippen LogP contribution in [0.2, 0.25) is 0 Å². The highest BCUT2D eigenvalue weighted by Crippen LogP contribution is 2.36. The van der Waals surface area contributed by atoms with Crippen molar-refractivity contribution in [3.05, 3.63) is 29.8 Å². The first-order valence-electron chi connectivity index (χ1n) is 15.4. The third kappa shape index (κ3) is 7.93. The molecule has 3 amide bonds. The summed E-state index contributed by atoms with van der Waals surface area (Å²) in [7, 11) is 1.61. The Morgan fingerprint density at radius 2 is 1.85 bits per heavy atom. The number of nitrogens with zero attached hydrogens (tertiary/aromatic N) is 2. The molecular formula is C31H49ClN4O5. The zero-order valence-electron chi connectivity index (χ0n) is 24.7. The van der Waals surface area contributed by atoms with Gasteiger partial charge in [0, 0.05) is 32.2 Å². The Labute approximate surface area is 251 Å². The van der Waals surface area contributed by atoms with E-state index in [1.165, 1.54) is 6.42 Å². The molecule has 230 valence electrons. The number of piperazine rings is 1. The van der Waals surface area contributed by atoms with Crippen LogP contribution >= 0.6 is 12.4 Å². The SMILES string of the molecule is CCCCN1C(=O)[C@@H]([C@H](O)C2CCCCC2)NC(=O)C12CCN(CCCCOc1cccc(C(=O)NC)c1)CC2.Cl. The molecule has 1 aromatic rings. The van der Waals surface area contributed by atoms with E-state index in [4.69, 9.17) is 4.74 Å². The molecule has 1 spiro atoms. The van der Waals surface area contributed by atoms with Crippen LogP contribution < -0.4 is 15.4 Å². The third-order valence-electron chi connectivity index (χ3n) is 9.11. The van der Waals surface area contributed by atoms with Crippen molar-refractivity contribution in [3.8, 4) is 5.75 Å². The number of rotatable bonds is 12. The smallest absolute Gasteiger partial charge is 0.251 e. The fraction of sp³-hybridized carbons (Fsp3) is 0.710. The molecule has 41 heavy (non-hydrogen) atoms. The second-order valence-electron chi connectivity index (χ2n) is 11.7. The number of piperidine rings is 1. The van der Waals surface area contributed by atoms with Gasteiger partial charge >= 0.3 is 0 Å². The normalized spacial score (nSPS) is 22.1. The molecule has 0 aromatic heterocycles. The summed E-state index contributed by atoms with van der Waals surface area (Å²) in [5.41, 5.74) is -0.236. The molecule has 1 aliphatic carbocycles. The molecule has 10 heteroatoms. The molecule has 0 bridgehead atoms. The average molecular weight is 593 g/mol. The van der Waals surface area contributed by atoms with Gasteiger partial charge in [0.15, 0.2) is 0 Å².